The molecule has 0 aromatic rings. The third kappa shape index (κ3) is 2.72. The quantitative estimate of drug-likeness (QED) is 0.733. The second kappa shape index (κ2) is 4.42. The first kappa shape index (κ1) is 11.4. The van der Waals surface area contributed by atoms with Gasteiger partial charge in [0, 0.05) is 19.6 Å². The van der Waals surface area contributed by atoms with Crippen molar-refractivity contribution in [2.24, 2.45) is 5.41 Å². The van der Waals surface area contributed by atoms with E-state index in [9.17, 15) is 8.78 Å². The molecule has 0 N–H and O–H groups in total. The van der Waals surface area contributed by atoms with E-state index in [-0.39, 0.29) is 0 Å². The molecule has 0 amide bonds. The molecular weight excluding hydrogens is 216 g/mol. The molecule has 1 aliphatic heterocycles. The largest absolute Gasteiger partial charge is 0.302 e. The summed E-state index contributed by atoms with van der Waals surface area (Å²) in [5.41, 5.74) is 0.778. The van der Waals surface area contributed by atoms with Crippen molar-refractivity contribution in [2.45, 2.75) is 25.7 Å². The van der Waals surface area contributed by atoms with Gasteiger partial charge in [0.15, 0.2) is 0 Å². The van der Waals surface area contributed by atoms with Crippen LogP contribution in [0.3, 0.4) is 0 Å². The smallest absolute Gasteiger partial charge is 0.269 e. The number of rotatable bonds is 3. The Morgan fingerprint density at radius 3 is 2.27 bits per heavy atom. The number of piperidine rings is 1. The lowest BCUT2D eigenvalue weighted by Gasteiger charge is -2.30. The first-order chi connectivity index (χ1) is 7.15. The summed E-state index contributed by atoms with van der Waals surface area (Å²) in [7, 11) is 0. The third-order valence-electron chi connectivity index (χ3n) is 3.58. The van der Waals surface area contributed by atoms with Crippen LogP contribution >= 0.6 is 12.6 Å². The highest BCUT2D eigenvalue weighted by Crippen LogP contribution is 2.47. The molecule has 86 valence electrons. The van der Waals surface area contributed by atoms with Crippen LogP contribution in [0.5, 0.6) is 0 Å². The molecule has 0 spiro atoms. The van der Waals surface area contributed by atoms with E-state index in [0.29, 0.717) is 23.8 Å². The van der Waals surface area contributed by atoms with Crippen molar-refractivity contribution in [2.75, 3.05) is 25.4 Å². The maximum Gasteiger partial charge on any atom is 0.269 e. The molecule has 15 heavy (non-hydrogen) atoms. The van der Waals surface area contributed by atoms with E-state index in [2.05, 4.69) is 17.5 Å². The monoisotopic (exact) mass is 233 g/mol. The Labute approximate surface area is 94.9 Å². The molecule has 1 aliphatic carbocycles. The molecule has 0 aromatic heterocycles. The Hall–Kier alpha value is -0.0900. The maximum absolute atomic E-state index is 12.3. The Morgan fingerprint density at radius 1 is 1.27 bits per heavy atom. The van der Waals surface area contributed by atoms with Gasteiger partial charge in [-0.2, -0.15) is 21.4 Å². The molecule has 2 rings (SSSR count). The highest BCUT2D eigenvalue weighted by molar-refractivity contribution is 7.80. The van der Waals surface area contributed by atoms with Gasteiger partial charge < -0.3 is 4.90 Å². The van der Waals surface area contributed by atoms with Crippen LogP contribution in [0.1, 0.15) is 25.7 Å². The number of hydrogen-bond acceptors (Lipinski definition) is 2. The van der Waals surface area contributed by atoms with Crippen molar-refractivity contribution >= 4 is 12.6 Å². The van der Waals surface area contributed by atoms with E-state index in [4.69, 9.17) is 0 Å². The SMILES string of the molecule is FC(F)=C1CCN(CC2(CS)CC2)CC1. The van der Waals surface area contributed by atoms with Crippen LogP contribution < -0.4 is 0 Å². The summed E-state index contributed by atoms with van der Waals surface area (Å²) < 4.78 is 24.6. The number of hydrogen-bond donors (Lipinski definition) is 1. The number of thiol groups is 1. The summed E-state index contributed by atoms with van der Waals surface area (Å²) in [6.07, 6.45) is 2.15. The zero-order valence-electron chi connectivity index (χ0n) is 8.81. The van der Waals surface area contributed by atoms with Crippen LogP contribution in [0, 0.1) is 5.41 Å². The summed E-state index contributed by atoms with van der Waals surface area (Å²) in [6, 6.07) is 0. The molecule has 1 nitrogen and oxygen atoms in total. The second-order valence-electron chi connectivity index (χ2n) is 4.80. The molecule has 0 unspecified atom stereocenters. The topological polar surface area (TPSA) is 3.24 Å². The molecule has 0 bridgehead atoms. The van der Waals surface area contributed by atoms with Crippen LogP contribution in [-0.2, 0) is 0 Å². The summed E-state index contributed by atoms with van der Waals surface area (Å²) in [6.45, 7) is 2.64. The van der Waals surface area contributed by atoms with Crippen LogP contribution in [0.25, 0.3) is 0 Å². The van der Waals surface area contributed by atoms with E-state index in [1.54, 1.807) is 0 Å². The predicted octanol–water partition coefficient (Wildman–Crippen LogP) is 2.94. The highest BCUT2D eigenvalue weighted by Gasteiger charge is 2.42. The Bertz CT molecular complexity index is 260. The van der Waals surface area contributed by atoms with Crippen molar-refractivity contribution in [3.8, 4) is 0 Å². The van der Waals surface area contributed by atoms with Crippen molar-refractivity contribution in [1.82, 2.24) is 4.90 Å². The third-order valence-corrected chi connectivity index (χ3v) is 4.25. The average molecular weight is 233 g/mol. The second-order valence-corrected chi connectivity index (χ2v) is 5.11. The van der Waals surface area contributed by atoms with Crippen LogP contribution in [0.4, 0.5) is 8.78 Å². The van der Waals surface area contributed by atoms with Gasteiger partial charge in [-0.25, -0.2) is 0 Å². The van der Waals surface area contributed by atoms with Crippen molar-refractivity contribution < 1.29 is 8.78 Å². The average Bonchev–Trinajstić information content (AvgIpc) is 2.99. The molecule has 0 aromatic carbocycles. The highest BCUT2D eigenvalue weighted by atomic mass is 32.1. The van der Waals surface area contributed by atoms with Crippen molar-refractivity contribution in [3.05, 3.63) is 11.7 Å². The molecule has 2 fully saturated rings. The minimum Gasteiger partial charge on any atom is -0.302 e. The van der Waals surface area contributed by atoms with E-state index in [1.807, 2.05) is 0 Å². The van der Waals surface area contributed by atoms with E-state index in [0.717, 1.165) is 25.4 Å². The van der Waals surface area contributed by atoms with Gasteiger partial charge >= 0.3 is 0 Å². The first-order valence-electron chi connectivity index (χ1n) is 5.51. The summed E-state index contributed by atoms with van der Waals surface area (Å²) in [5.74, 6) is 0.934. The molecule has 4 heteroatoms. The number of likely N-dealkylation sites (tertiary alicyclic amines) is 1. The molecule has 0 atom stereocenters. The van der Waals surface area contributed by atoms with Gasteiger partial charge in [-0.1, -0.05) is 0 Å². The van der Waals surface area contributed by atoms with Gasteiger partial charge in [0.05, 0.1) is 0 Å². The zero-order chi connectivity index (χ0) is 10.9. The Morgan fingerprint density at radius 2 is 1.87 bits per heavy atom. The summed E-state index contributed by atoms with van der Waals surface area (Å²) in [4.78, 5) is 2.32. The fourth-order valence-electron chi connectivity index (χ4n) is 2.19. The minimum absolute atomic E-state index is 0.363. The fraction of sp³-hybridized carbons (Fsp3) is 0.818. The Balaban J connectivity index is 1.81. The van der Waals surface area contributed by atoms with Gasteiger partial charge in [0.25, 0.3) is 6.08 Å². The lowest BCUT2D eigenvalue weighted by atomic mass is 10.0. The summed E-state index contributed by atoms with van der Waals surface area (Å²) >= 11 is 4.36. The van der Waals surface area contributed by atoms with Gasteiger partial charge in [0.2, 0.25) is 0 Å². The van der Waals surface area contributed by atoms with Crippen LogP contribution in [0.2, 0.25) is 0 Å². The molecule has 2 aliphatic rings. The van der Waals surface area contributed by atoms with Gasteiger partial charge in [-0.15, -0.1) is 0 Å². The van der Waals surface area contributed by atoms with Gasteiger partial charge in [-0.3, -0.25) is 0 Å². The van der Waals surface area contributed by atoms with Gasteiger partial charge in [0.1, 0.15) is 0 Å². The molecule has 1 saturated carbocycles. The number of halogens is 2. The lowest BCUT2D eigenvalue weighted by molar-refractivity contribution is 0.211. The standard InChI is InChI=1S/C11H17F2NS/c12-10(13)9-1-5-14(6-2-9)7-11(8-15)3-4-11/h15H,1-8H2. The van der Waals surface area contributed by atoms with E-state index < -0.39 is 6.08 Å². The van der Waals surface area contributed by atoms with Crippen LogP contribution in [0.15, 0.2) is 11.7 Å². The van der Waals surface area contributed by atoms with Crippen molar-refractivity contribution in [1.29, 1.82) is 0 Å². The lowest BCUT2D eigenvalue weighted by Crippen LogP contribution is -2.36. The molecular formula is C11H17F2NS. The summed E-state index contributed by atoms with van der Waals surface area (Å²) in [5, 5.41) is 0. The number of nitrogens with zero attached hydrogens (tertiary/aromatic N) is 1. The minimum atomic E-state index is -1.45. The zero-order valence-corrected chi connectivity index (χ0v) is 9.70. The first-order valence-corrected chi connectivity index (χ1v) is 6.15. The Kier molecular flexibility index (Phi) is 3.36. The molecule has 1 heterocycles. The maximum atomic E-state index is 12.3. The van der Waals surface area contributed by atoms with Crippen molar-refractivity contribution in [3.63, 3.8) is 0 Å². The van der Waals surface area contributed by atoms with Crippen LogP contribution in [-0.4, -0.2) is 30.3 Å². The predicted molar refractivity (Wildman–Crippen MR) is 60.4 cm³/mol. The molecule has 1 saturated heterocycles. The van der Waals surface area contributed by atoms with E-state index in [1.165, 1.54) is 12.8 Å². The van der Waals surface area contributed by atoms with Gasteiger partial charge in [-0.05, 0) is 42.4 Å². The molecule has 0 radical (unpaired) electrons. The van der Waals surface area contributed by atoms with E-state index >= 15 is 0 Å². The normalized spacial score (nSPS) is 25.4. The fourth-order valence-corrected chi connectivity index (χ4v) is 2.60.